The van der Waals surface area contributed by atoms with Crippen LogP contribution in [0.5, 0.6) is 0 Å². The summed E-state index contributed by atoms with van der Waals surface area (Å²) in [6.45, 7) is 14.0. The lowest BCUT2D eigenvalue weighted by atomic mass is 9.87. The largest absolute Gasteiger partial charge is 0.308 e. The first kappa shape index (κ1) is 14.0. The van der Waals surface area contributed by atoms with Crippen molar-refractivity contribution in [3.63, 3.8) is 0 Å². The van der Waals surface area contributed by atoms with Crippen molar-refractivity contribution in [1.29, 1.82) is 0 Å². The van der Waals surface area contributed by atoms with Gasteiger partial charge in [-0.3, -0.25) is 4.90 Å². The highest BCUT2D eigenvalue weighted by molar-refractivity contribution is 4.97. The molecule has 16 heavy (non-hydrogen) atoms. The van der Waals surface area contributed by atoms with E-state index in [0.29, 0.717) is 11.6 Å². The molecule has 1 aliphatic rings. The fourth-order valence-corrected chi connectivity index (χ4v) is 3.01. The molecular formula is C14H30N2. The zero-order valence-corrected chi connectivity index (χ0v) is 11.8. The van der Waals surface area contributed by atoms with Crippen LogP contribution in [0.1, 0.15) is 60.3 Å². The molecule has 2 nitrogen and oxygen atoms in total. The summed E-state index contributed by atoms with van der Waals surface area (Å²) in [4.78, 5) is 2.74. The third-order valence-corrected chi connectivity index (χ3v) is 4.59. The van der Waals surface area contributed by atoms with Crippen LogP contribution >= 0.6 is 0 Å². The molecule has 0 amide bonds. The van der Waals surface area contributed by atoms with Crippen LogP contribution in [0, 0.1) is 0 Å². The number of piperazine rings is 1. The predicted octanol–water partition coefficient (Wildman–Crippen LogP) is 3.03. The predicted molar refractivity (Wildman–Crippen MR) is 71.9 cm³/mol. The van der Waals surface area contributed by atoms with Gasteiger partial charge >= 0.3 is 0 Å². The maximum absolute atomic E-state index is 3.77. The minimum atomic E-state index is 0.370. The van der Waals surface area contributed by atoms with Crippen LogP contribution in [0.15, 0.2) is 0 Å². The molecule has 0 spiro atoms. The van der Waals surface area contributed by atoms with Gasteiger partial charge in [0, 0.05) is 30.7 Å². The van der Waals surface area contributed by atoms with E-state index in [9.17, 15) is 0 Å². The summed E-state index contributed by atoms with van der Waals surface area (Å²) in [7, 11) is 0. The maximum Gasteiger partial charge on any atom is 0.0304 e. The highest BCUT2D eigenvalue weighted by Gasteiger charge is 2.36. The van der Waals surface area contributed by atoms with Crippen LogP contribution in [-0.2, 0) is 0 Å². The third kappa shape index (κ3) is 2.78. The lowest BCUT2D eigenvalue weighted by Gasteiger charge is -2.49. The average Bonchev–Trinajstić information content (AvgIpc) is 2.33. The van der Waals surface area contributed by atoms with Crippen LogP contribution in [0.25, 0.3) is 0 Å². The van der Waals surface area contributed by atoms with Crippen molar-refractivity contribution < 1.29 is 0 Å². The maximum atomic E-state index is 3.77. The van der Waals surface area contributed by atoms with Gasteiger partial charge in [-0.15, -0.1) is 0 Å². The number of rotatable bonds is 5. The Morgan fingerprint density at radius 2 is 1.75 bits per heavy atom. The molecule has 96 valence electrons. The standard InChI is InChI=1S/C14H30N2/c1-6-13(7-2)16-11-14(8-3,9-4)15-10-12(16)5/h12-13,15H,6-11H2,1-5H3. The second kappa shape index (κ2) is 6.02. The Morgan fingerprint density at radius 1 is 1.19 bits per heavy atom. The summed E-state index contributed by atoms with van der Waals surface area (Å²) in [5, 5.41) is 3.77. The van der Waals surface area contributed by atoms with Crippen LogP contribution in [0.4, 0.5) is 0 Å². The summed E-state index contributed by atoms with van der Waals surface area (Å²) in [6, 6.07) is 1.46. The van der Waals surface area contributed by atoms with Crippen molar-refractivity contribution >= 4 is 0 Å². The quantitative estimate of drug-likeness (QED) is 0.775. The van der Waals surface area contributed by atoms with E-state index in [0.717, 1.165) is 12.6 Å². The second-order valence-electron chi connectivity index (χ2n) is 5.36. The first-order chi connectivity index (χ1) is 7.62. The smallest absolute Gasteiger partial charge is 0.0304 e. The Labute approximate surface area is 102 Å². The molecule has 1 fully saturated rings. The van der Waals surface area contributed by atoms with E-state index in [2.05, 4.69) is 44.8 Å². The number of hydrogen-bond acceptors (Lipinski definition) is 2. The molecular weight excluding hydrogens is 196 g/mol. The molecule has 1 atom stereocenters. The minimum Gasteiger partial charge on any atom is -0.308 e. The number of nitrogens with zero attached hydrogens (tertiary/aromatic N) is 1. The Bertz CT molecular complexity index is 195. The third-order valence-electron chi connectivity index (χ3n) is 4.59. The Kier molecular flexibility index (Phi) is 5.26. The van der Waals surface area contributed by atoms with Crippen molar-refractivity contribution in [2.24, 2.45) is 0 Å². The van der Waals surface area contributed by atoms with Crippen LogP contribution < -0.4 is 5.32 Å². The van der Waals surface area contributed by atoms with Gasteiger partial charge in [-0.25, -0.2) is 0 Å². The van der Waals surface area contributed by atoms with Gasteiger partial charge in [0.2, 0.25) is 0 Å². The lowest BCUT2D eigenvalue weighted by molar-refractivity contribution is 0.0410. The normalized spacial score (nSPS) is 26.2. The molecule has 0 bridgehead atoms. The zero-order valence-electron chi connectivity index (χ0n) is 11.8. The van der Waals surface area contributed by atoms with Gasteiger partial charge in [0.15, 0.2) is 0 Å². The average molecular weight is 226 g/mol. The molecule has 0 radical (unpaired) electrons. The highest BCUT2D eigenvalue weighted by Crippen LogP contribution is 2.25. The Hall–Kier alpha value is -0.0800. The van der Waals surface area contributed by atoms with Gasteiger partial charge in [0.05, 0.1) is 0 Å². The van der Waals surface area contributed by atoms with E-state index in [-0.39, 0.29) is 0 Å². The van der Waals surface area contributed by atoms with Gasteiger partial charge in [0.1, 0.15) is 0 Å². The second-order valence-corrected chi connectivity index (χ2v) is 5.36. The highest BCUT2D eigenvalue weighted by atomic mass is 15.3. The fourth-order valence-electron chi connectivity index (χ4n) is 3.01. The first-order valence-electron chi connectivity index (χ1n) is 7.13. The van der Waals surface area contributed by atoms with E-state index < -0.39 is 0 Å². The van der Waals surface area contributed by atoms with Gasteiger partial charge < -0.3 is 5.32 Å². The number of nitrogens with one attached hydrogen (secondary N) is 1. The lowest BCUT2D eigenvalue weighted by Crippen LogP contribution is -2.65. The molecule has 0 aromatic heterocycles. The van der Waals surface area contributed by atoms with Crippen molar-refractivity contribution in [1.82, 2.24) is 10.2 Å². The molecule has 1 N–H and O–H groups in total. The summed E-state index contributed by atoms with van der Waals surface area (Å²) >= 11 is 0. The molecule has 0 aromatic rings. The van der Waals surface area contributed by atoms with E-state index >= 15 is 0 Å². The minimum absolute atomic E-state index is 0.370. The molecule has 1 saturated heterocycles. The molecule has 0 aliphatic carbocycles. The molecule has 1 rings (SSSR count). The number of hydrogen-bond donors (Lipinski definition) is 1. The van der Waals surface area contributed by atoms with Crippen molar-refractivity contribution in [2.45, 2.75) is 77.9 Å². The van der Waals surface area contributed by atoms with Gasteiger partial charge in [-0.2, -0.15) is 0 Å². The van der Waals surface area contributed by atoms with E-state index in [1.165, 1.54) is 32.2 Å². The molecule has 1 heterocycles. The van der Waals surface area contributed by atoms with Gasteiger partial charge in [0.25, 0.3) is 0 Å². The van der Waals surface area contributed by atoms with Crippen LogP contribution in [0.3, 0.4) is 0 Å². The van der Waals surface area contributed by atoms with E-state index in [4.69, 9.17) is 0 Å². The van der Waals surface area contributed by atoms with Crippen LogP contribution in [-0.4, -0.2) is 35.6 Å². The topological polar surface area (TPSA) is 15.3 Å². The molecule has 0 aromatic carbocycles. The van der Waals surface area contributed by atoms with E-state index in [1.54, 1.807) is 0 Å². The van der Waals surface area contributed by atoms with Crippen molar-refractivity contribution in [3.8, 4) is 0 Å². The summed E-state index contributed by atoms with van der Waals surface area (Å²) in [5.74, 6) is 0. The summed E-state index contributed by atoms with van der Waals surface area (Å²) < 4.78 is 0. The van der Waals surface area contributed by atoms with Crippen LogP contribution in [0.2, 0.25) is 0 Å². The molecule has 2 heteroatoms. The van der Waals surface area contributed by atoms with Crippen molar-refractivity contribution in [3.05, 3.63) is 0 Å². The van der Waals surface area contributed by atoms with Gasteiger partial charge in [-0.1, -0.05) is 27.7 Å². The zero-order chi connectivity index (χ0) is 12.2. The van der Waals surface area contributed by atoms with Gasteiger partial charge in [-0.05, 0) is 32.6 Å². The SMILES string of the molecule is CCC(CC)N1CC(CC)(CC)NCC1C. The molecule has 1 aliphatic heterocycles. The monoisotopic (exact) mass is 226 g/mol. The summed E-state index contributed by atoms with van der Waals surface area (Å²) in [6.07, 6.45) is 5.05. The molecule has 1 unspecified atom stereocenters. The molecule has 0 saturated carbocycles. The Morgan fingerprint density at radius 3 is 2.19 bits per heavy atom. The fraction of sp³-hybridized carbons (Fsp3) is 1.00. The Balaban J connectivity index is 2.74. The van der Waals surface area contributed by atoms with E-state index in [1.807, 2.05) is 0 Å². The van der Waals surface area contributed by atoms with Crippen molar-refractivity contribution in [2.75, 3.05) is 13.1 Å². The summed E-state index contributed by atoms with van der Waals surface area (Å²) in [5.41, 5.74) is 0.370. The first-order valence-corrected chi connectivity index (χ1v) is 7.13.